The average molecular weight is 341 g/mol. The molecule has 5 heteroatoms. The monoisotopic (exact) mass is 340 g/mol. The number of hydrogen-bond acceptors (Lipinski definition) is 3. The lowest BCUT2D eigenvalue weighted by atomic mass is 10.00. The Morgan fingerprint density at radius 2 is 2.30 bits per heavy atom. The van der Waals surface area contributed by atoms with Crippen LogP contribution in [-0.4, -0.2) is 42.6 Å². The van der Waals surface area contributed by atoms with Crippen molar-refractivity contribution in [2.75, 3.05) is 19.6 Å². The van der Waals surface area contributed by atoms with Crippen LogP contribution in [0.1, 0.15) is 25.3 Å². The van der Waals surface area contributed by atoms with Crippen LogP contribution in [0, 0.1) is 0 Å². The molecule has 2 N–H and O–H groups in total. The number of ether oxygens (including phenoxy) is 1. The maximum atomic E-state index is 11.3. The lowest BCUT2D eigenvalue weighted by molar-refractivity contribution is -0.142. The molecule has 1 aliphatic heterocycles. The van der Waals surface area contributed by atoms with Crippen molar-refractivity contribution in [2.45, 2.75) is 32.0 Å². The van der Waals surface area contributed by atoms with Crippen LogP contribution in [0.4, 0.5) is 0 Å². The first-order chi connectivity index (χ1) is 9.45. The van der Waals surface area contributed by atoms with Gasteiger partial charge in [-0.05, 0) is 30.5 Å². The van der Waals surface area contributed by atoms with E-state index >= 15 is 0 Å². The molecule has 0 radical (unpaired) electrons. The average Bonchev–Trinajstić information content (AvgIpc) is 2.37. The summed E-state index contributed by atoms with van der Waals surface area (Å²) in [4.78, 5) is 13.6. The second kappa shape index (κ2) is 6.70. The third kappa shape index (κ3) is 4.04. The molecule has 1 saturated heterocycles. The van der Waals surface area contributed by atoms with Gasteiger partial charge in [0.1, 0.15) is 6.10 Å². The van der Waals surface area contributed by atoms with E-state index in [1.807, 2.05) is 19.1 Å². The van der Waals surface area contributed by atoms with Crippen molar-refractivity contribution in [1.29, 1.82) is 0 Å². The third-order valence-electron chi connectivity index (χ3n) is 3.60. The van der Waals surface area contributed by atoms with E-state index in [9.17, 15) is 4.79 Å². The Kier molecular flexibility index (Phi) is 5.18. The lowest BCUT2D eigenvalue weighted by Crippen LogP contribution is -2.52. The molecule has 0 saturated carbocycles. The van der Waals surface area contributed by atoms with E-state index in [1.165, 1.54) is 5.56 Å². The summed E-state index contributed by atoms with van der Waals surface area (Å²) >= 11 is 3.50. The number of nitrogens with zero attached hydrogens (tertiary/aromatic N) is 1. The molecule has 1 aromatic carbocycles. The molecule has 20 heavy (non-hydrogen) atoms. The van der Waals surface area contributed by atoms with Gasteiger partial charge in [0, 0.05) is 24.1 Å². The number of morpholine rings is 1. The van der Waals surface area contributed by atoms with Crippen LogP contribution >= 0.6 is 15.9 Å². The van der Waals surface area contributed by atoms with Gasteiger partial charge in [-0.25, -0.2) is 0 Å². The fraction of sp³-hybridized carbons (Fsp3) is 0.533. The van der Waals surface area contributed by atoms with Crippen molar-refractivity contribution in [3.63, 3.8) is 0 Å². The third-order valence-corrected chi connectivity index (χ3v) is 4.10. The van der Waals surface area contributed by atoms with Crippen LogP contribution < -0.4 is 5.73 Å². The molecule has 0 unspecified atom stereocenters. The Hall–Kier alpha value is -0.910. The van der Waals surface area contributed by atoms with Crippen molar-refractivity contribution in [3.8, 4) is 0 Å². The molecule has 1 aliphatic rings. The fourth-order valence-electron chi connectivity index (χ4n) is 2.65. The van der Waals surface area contributed by atoms with E-state index in [2.05, 4.69) is 39.9 Å². The van der Waals surface area contributed by atoms with Crippen LogP contribution in [0.5, 0.6) is 0 Å². The highest BCUT2D eigenvalue weighted by molar-refractivity contribution is 9.10. The normalized spacial score (nSPS) is 25.4. The molecule has 0 spiro atoms. The number of carbonyl (C=O) groups is 1. The largest absolute Gasteiger partial charge is 0.367 e. The van der Waals surface area contributed by atoms with Crippen molar-refractivity contribution >= 4 is 21.8 Å². The standard InChI is InChI=1S/C15H21BrN2O2/c1-10(12-4-3-5-13(16)6-12)7-18-8-11(2)20-14(9-18)15(17)19/h3-6,10-11,14H,7-9H2,1-2H3,(H2,17,19)/t10-,11+,14+/m0/s1. The zero-order valence-electron chi connectivity index (χ0n) is 11.9. The Labute approximate surface area is 128 Å². The highest BCUT2D eigenvalue weighted by atomic mass is 79.9. The molecule has 0 aromatic heterocycles. The minimum absolute atomic E-state index is 0.0379. The Morgan fingerprint density at radius 3 is 2.95 bits per heavy atom. The second-order valence-corrected chi connectivity index (χ2v) is 6.43. The van der Waals surface area contributed by atoms with Crippen LogP contribution in [-0.2, 0) is 9.53 Å². The van der Waals surface area contributed by atoms with Gasteiger partial charge < -0.3 is 10.5 Å². The zero-order valence-corrected chi connectivity index (χ0v) is 13.5. The summed E-state index contributed by atoms with van der Waals surface area (Å²) in [6.45, 7) is 6.49. The van der Waals surface area contributed by atoms with Crippen molar-refractivity contribution in [3.05, 3.63) is 34.3 Å². The molecule has 4 nitrogen and oxygen atoms in total. The summed E-state index contributed by atoms with van der Waals surface area (Å²) in [5.74, 6) is 0.0167. The molecule has 1 heterocycles. The predicted octanol–water partition coefficient (Wildman–Crippen LogP) is 2.13. The molecule has 1 fully saturated rings. The van der Waals surface area contributed by atoms with Crippen LogP contribution in [0.25, 0.3) is 0 Å². The first-order valence-corrected chi connectivity index (χ1v) is 7.67. The molecule has 1 amide bonds. The maximum Gasteiger partial charge on any atom is 0.247 e. The van der Waals surface area contributed by atoms with E-state index in [0.717, 1.165) is 17.6 Å². The minimum Gasteiger partial charge on any atom is -0.367 e. The van der Waals surface area contributed by atoms with E-state index in [0.29, 0.717) is 12.5 Å². The van der Waals surface area contributed by atoms with Crippen molar-refractivity contribution in [2.24, 2.45) is 5.73 Å². The van der Waals surface area contributed by atoms with Crippen molar-refractivity contribution < 1.29 is 9.53 Å². The summed E-state index contributed by atoms with van der Waals surface area (Å²) in [5.41, 5.74) is 6.64. The smallest absolute Gasteiger partial charge is 0.247 e. The van der Waals surface area contributed by atoms with Crippen LogP contribution in [0.15, 0.2) is 28.7 Å². The topological polar surface area (TPSA) is 55.6 Å². The second-order valence-electron chi connectivity index (χ2n) is 5.51. The van der Waals surface area contributed by atoms with Gasteiger partial charge in [-0.2, -0.15) is 0 Å². The fourth-order valence-corrected chi connectivity index (χ4v) is 3.07. The van der Waals surface area contributed by atoms with Gasteiger partial charge in [0.05, 0.1) is 6.10 Å². The summed E-state index contributed by atoms with van der Waals surface area (Å²) in [7, 11) is 0. The predicted molar refractivity (Wildman–Crippen MR) is 82.5 cm³/mol. The summed E-state index contributed by atoms with van der Waals surface area (Å²) < 4.78 is 6.65. The molecule has 1 aromatic rings. The van der Waals surface area contributed by atoms with Crippen molar-refractivity contribution in [1.82, 2.24) is 4.90 Å². The molecule has 3 atom stereocenters. The molecule has 0 bridgehead atoms. The maximum absolute atomic E-state index is 11.3. The lowest BCUT2D eigenvalue weighted by Gasteiger charge is -2.36. The Balaban J connectivity index is 1.99. The van der Waals surface area contributed by atoms with Gasteiger partial charge in [-0.1, -0.05) is 35.0 Å². The van der Waals surface area contributed by atoms with Gasteiger partial charge >= 0.3 is 0 Å². The van der Waals surface area contributed by atoms with Crippen LogP contribution in [0.2, 0.25) is 0 Å². The van der Waals surface area contributed by atoms with E-state index in [1.54, 1.807) is 0 Å². The number of primary amides is 1. The first kappa shape index (κ1) is 15.5. The summed E-state index contributed by atoms with van der Waals surface area (Å²) in [6.07, 6.45) is -0.454. The number of halogens is 1. The Bertz CT molecular complexity index is 481. The van der Waals surface area contributed by atoms with Gasteiger partial charge in [-0.3, -0.25) is 9.69 Å². The number of benzene rings is 1. The van der Waals surface area contributed by atoms with Gasteiger partial charge in [0.2, 0.25) is 5.91 Å². The summed E-state index contributed by atoms with van der Waals surface area (Å²) in [5, 5.41) is 0. The minimum atomic E-state index is -0.492. The quantitative estimate of drug-likeness (QED) is 0.913. The van der Waals surface area contributed by atoms with Gasteiger partial charge in [0.15, 0.2) is 0 Å². The number of amides is 1. The van der Waals surface area contributed by atoms with Gasteiger partial charge in [0.25, 0.3) is 0 Å². The number of hydrogen-bond donors (Lipinski definition) is 1. The Morgan fingerprint density at radius 1 is 1.55 bits per heavy atom. The van der Waals surface area contributed by atoms with E-state index in [-0.39, 0.29) is 12.0 Å². The zero-order chi connectivity index (χ0) is 14.7. The SMILES string of the molecule is C[C@@H]1CN(C[C@H](C)c2cccc(Br)c2)C[C@H](C(N)=O)O1. The molecule has 2 rings (SSSR count). The molecule has 0 aliphatic carbocycles. The van der Waals surface area contributed by atoms with Gasteiger partial charge in [-0.15, -0.1) is 0 Å². The molecule has 110 valence electrons. The first-order valence-electron chi connectivity index (χ1n) is 6.88. The number of carbonyl (C=O) groups excluding carboxylic acids is 1. The highest BCUT2D eigenvalue weighted by Crippen LogP contribution is 2.22. The van der Waals surface area contributed by atoms with E-state index < -0.39 is 6.10 Å². The molecular formula is C15H21BrN2O2. The number of rotatable bonds is 4. The molecular weight excluding hydrogens is 320 g/mol. The summed E-state index contributed by atoms with van der Waals surface area (Å²) in [6, 6.07) is 8.34. The van der Waals surface area contributed by atoms with E-state index in [4.69, 9.17) is 10.5 Å². The number of nitrogens with two attached hydrogens (primary N) is 1. The van der Waals surface area contributed by atoms with Crippen LogP contribution in [0.3, 0.4) is 0 Å². The highest BCUT2D eigenvalue weighted by Gasteiger charge is 2.29.